The van der Waals surface area contributed by atoms with Crippen molar-refractivity contribution < 1.29 is 4.74 Å². The Balaban J connectivity index is 2.01. The lowest BCUT2D eigenvalue weighted by Gasteiger charge is -2.28. The summed E-state index contributed by atoms with van der Waals surface area (Å²) in [5.41, 5.74) is 3.37. The third-order valence-corrected chi connectivity index (χ3v) is 3.33. The lowest BCUT2D eigenvalue weighted by atomic mass is 9.93. The van der Waals surface area contributed by atoms with Gasteiger partial charge in [0, 0.05) is 31.0 Å². The van der Waals surface area contributed by atoms with Gasteiger partial charge in [0.25, 0.3) is 0 Å². The molecule has 6 heteroatoms. The van der Waals surface area contributed by atoms with Crippen molar-refractivity contribution >= 4 is 11.8 Å². The Kier molecular flexibility index (Phi) is 4.33. The molecule has 4 N–H and O–H groups in total. The normalized spacial score (nSPS) is 18.4. The molecule has 1 saturated heterocycles. The summed E-state index contributed by atoms with van der Waals surface area (Å²) in [6.07, 6.45) is 2.19. The molecule has 2 rings (SSSR count). The van der Waals surface area contributed by atoms with Gasteiger partial charge in [-0.2, -0.15) is 4.98 Å². The van der Waals surface area contributed by atoms with Gasteiger partial charge in [0.15, 0.2) is 0 Å². The summed E-state index contributed by atoms with van der Waals surface area (Å²) >= 11 is 0. The molecular formula is C12H21N5O. The molecule has 100 valence electrons. The van der Waals surface area contributed by atoms with Crippen LogP contribution in [0.1, 0.15) is 25.5 Å². The monoisotopic (exact) mass is 251 g/mol. The molecule has 1 aliphatic heterocycles. The summed E-state index contributed by atoms with van der Waals surface area (Å²) in [5.74, 6) is 7.23. The number of rotatable bonds is 4. The average Bonchev–Trinajstić information content (AvgIpc) is 2.39. The van der Waals surface area contributed by atoms with Gasteiger partial charge < -0.3 is 10.1 Å². The van der Waals surface area contributed by atoms with Crippen LogP contribution in [0.15, 0.2) is 6.07 Å². The Morgan fingerprint density at radius 3 is 2.78 bits per heavy atom. The van der Waals surface area contributed by atoms with Crippen LogP contribution in [-0.2, 0) is 4.74 Å². The van der Waals surface area contributed by atoms with Gasteiger partial charge in [-0.15, -0.1) is 0 Å². The maximum Gasteiger partial charge on any atom is 0.239 e. The number of ether oxygens (including phenoxy) is 1. The van der Waals surface area contributed by atoms with Crippen molar-refractivity contribution in [3.05, 3.63) is 11.8 Å². The second-order valence-electron chi connectivity index (χ2n) is 4.75. The number of nitrogens with zero attached hydrogens (tertiary/aromatic N) is 2. The van der Waals surface area contributed by atoms with Crippen molar-refractivity contribution in [3.8, 4) is 0 Å². The molecule has 0 radical (unpaired) electrons. The Hall–Kier alpha value is -1.40. The lowest BCUT2D eigenvalue weighted by Crippen LogP contribution is -2.31. The smallest absolute Gasteiger partial charge is 0.239 e. The number of anilines is 2. The van der Waals surface area contributed by atoms with Crippen LogP contribution in [0.25, 0.3) is 0 Å². The summed E-state index contributed by atoms with van der Waals surface area (Å²) in [4.78, 5) is 8.46. The van der Waals surface area contributed by atoms with Crippen molar-refractivity contribution in [2.75, 3.05) is 24.0 Å². The van der Waals surface area contributed by atoms with Crippen molar-refractivity contribution in [3.63, 3.8) is 0 Å². The molecule has 1 fully saturated rings. The molecule has 0 spiro atoms. The summed E-state index contributed by atoms with van der Waals surface area (Å²) in [6, 6.07) is 2.30. The van der Waals surface area contributed by atoms with Crippen LogP contribution in [0.5, 0.6) is 0 Å². The maximum atomic E-state index is 5.38. The largest absolute Gasteiger partial charge is 0.381 e. The molecule has 6 nitrogen and oxygen atoms in total. The van der Waals surface area contributed by atoms with E-state index in [1.165, 1.54) is 0 Å². The van der Waals surface area contributed by atoms with E-state index in [0.29, 0.717) is 17.9 Å². The Bertz CT molecular complexity index is 392. The molecule has 0 saturated carbocycles. The van der Waals surface area contributed by atoms with Gasteiger partial charge in [-0.3, -0.25) is 5.43 Å². The number of nitrogens with two attached hydrogens (primary N) is 1. The highest BCUT2D eigenvalue weighted by Gasteiger charge is 2.20. The van der Waals surface area contributed by atoms with E-state index >= 15 is 0 Å². The van der Waals surface area contributed by atoms with Crippen LogP contribution in [-0.4, -0.2) is 29.2 Å². The standard InChI is InChI=1S/C12H21N5O/c1-8-7-11(16-12(14-8)17-13)15-9(2)10-3-5-18-6-4-10/h7,9-10H,3-6,13H2,1-2H3,(H2,14,15,16,17). The topological polar surface area (TPSA) is 85.1 Å². The van der Waals surface area contributed by atoms with Crippen molar-refractivity contribution in [2.24, 2.45) is 11.8 Å². The van der Waals surface area contributed by atoms with E-state index in [0.717, 1.165) is 37.6 Å². The number of nitrogens with one attached hydrogen (secondary N) is 2. The van der Waals surface area contributed by atoms with Gasteiger partial charge in [-0.05, 0) is 32.6 Å². The van der Waals surface area contributed by atoms with Gasteiger partial charge >= 0.3 is 0 Å². The van der Waals surface area contributed by atoms with E-state index in [1.807, 2.05) is 13.0 Å². The minimum atomic E-state index is 0.369. The fraction of sp³-hybridized carbons (Fsp3) is 0.667. The quantitative estimate of drug-likeness (QED) is 0.552. The van der Waals surface area contributed by atoms with Crippen LogP contribution in [0.4, 0.5) is 11.8 Å². The van der Waals surface area contributed by atoms with Gasteiger partial charge in [0.1, 0.15) is 5.82 Å². The predicted molar refractivity (Wildman–Crippen MR) is 71.2 cm³/mol. The van der Waals surface area contributed by atoms with E-state index in [9.17, 15) is 0 Å². The molecule has 0 aliphatic carbocycles. The molecule has 1 aliphatic rings. The molecular weight excluding hydrogens is 230 g/mol. The van der Waals surface area contributed by atoms with E-state index in [2.05, 4.69) is 27.6 Å². The fourth-order valence-electron chi connectivity index (χ4n) is 2.27. The zero-order valence-electron chi connectivity index (χ0n) is 10.9. The SMILES string of the molecule is Cc1cc(NC(C)C2CCOCC2)nc(NN)n1. The Morgan fingerprint density at radius 2 is 2.11 bits per heavy atom. The lowest BCUT2D eigenvalue weighted by molar-refractivity contribution is 0.0622. The number of hydrogen-bond acceptors (Lipinski definition) is 6. The molecule has 2 heterocycles. The van der Waals surface area contributed by atoms with Crippen LogP contribution < -0.4 is 16.6 Å². The molecule has 1 atom stereocenters. The van der Waals surface area contributed by atoms with Gasteiger partial charge in [0.2, 0.25) is 5.95 Å². The van der Waals surface area contributed by atoms with Crippen molar-refractivity contribution in [1.29, 1.82) is 0 Å². The maximum absolute atomic E-state index is 5.38. The molecule has 1 aromatic heterocycles. The van der Waals surface area contributed by atoms with Crippen LogP contribution >= 0.6 is 0 Å². The molecule has 1 unspecified atom stereocenters. The number of aryl methyl sites for hydroxylation is 1. The third-order valence-electron chi connectivity index (χ3n) is 3.33. The summed E-state index contributed by atoms with van der Waals surface area (Å²) in [6.45, 7) is 5.82. The molecule has 0 bridgehead atoms. The summed E-state index contributed by atoms with van der Waals surface area (Å²) < 4.78 is 5.38. The molecule has 0 aromatic carbocycles. The fourth-order valence-corrected chi connectivity index (χ4v) is 2.27. The van der Waals surface area contributed by atoms with Gasteiger partial charge in [0.05, 0.1) is 0 Å². The number of nitrogen functional groups attached to an aromatic ring is 1. The number of hydrazine groups is 1. The van der Waals surface area contributed by atoms with Crippen LogP contribution in [0.3, 0.4) is 0 Å². The minimum Gasteiger partial charge on any atom is -0.381 e. The van der Waals surface area contributed by atoms with E-state index in [1.54, 1.807) is 0 Å². The first-order valence-electron chi connectivity index (χ1n) is 6.35. The first kappa shape index (κ1) is 13.0. The Labute approximate surface area is 107 Å². The van der Waals surface area contributed by atoms with Crippen LogP contribution in [0.2, 0.25) is 0 Å². The van der Waals surface area contributed by atoms with E-state index in [-0.39, 0.29) is 0 Å². The molecule has 18 heavy (non-hydrogen) atoms. The van der Waals surface area contributed by atoms with Gasteiger partial charge in [-0.25, -0.2) is 10.8 Å². The first-order valence-corrected chi connectivity index (χ1v) is 6.35. The average molecular weight is 251 g/mol. The number of aromatic nitrogens is 2. The summed E-state index contributed by atoms with van der Waals surface area (Å²) in [7, 11) is 0. The van der Waals surface area contributed by atoms with Gasteiger partial charge in [-0.1, -0.05) is 0 Å². The second kappa shape index (κ2) is 5.97. The second-order valence-corrected chi connectivity index (χ2v) is 4.75. The van der Waals surface area contributed by atoms with E-state index < -0.39 is 0 Å². The van der Waals surface area contributed by atoms with Crippen molar-refractivity contribution in [2.45, 2.75) is 32.7 Å². The molecule has 1 aromatic rings. The predicted octanol–water partition coefficient (Wildman–Crippen LogP) is 1.30. The third kappa shape index (κ3) is 3.30. The zero-order valence-corrected chi connectivity index (χ0v) is 10.9. The summed E-state index contributed by atoms with van der Waals surface area (Å²) in [5, 5.41) is 3.42. The molecule has 0 amide bonds. The minimum absolute atomic E-state index is 0.369. The Morgan fingerprint density at radius 1 is 1.39 bits per heavy atom. The number of hydrogen-bond donors (Lipinski definition) is 3. The highest BCUT2D eigenvalue weighted by molar-refractivity contribution is 5.42. The zero-order chi connectivity index (χ0) is 13.0. The van der Waals surface area contributed by atoms with Crippen molar-refractivity contribution in [1.82, 2.24) is 9.97 Å². The first-order chi connectivity index (χ1) is 8.69. The van der Waals surface area contributed by atoms with E-state index in [4.69, 9.17) is 10.6 Å². The highest BCUT2D eigenvalue weighted by atomic mass is 16.5. The van der Waals surface area contributed by atoms with Crippen LogP contribution in [0, 0.1) is 12.8 Å². The highest BCUT2D eigenvalue weighted by Crippen LogP contribution is 2.21.